The van der Waals surface area contributed by atoms with Crippen LogP contribution in [0.5, 0.6) is 0 Å². The Kier molecular flexibility index (Phi) is 5.11. The minimum absolute atomic E-state index is 0.0346. The van der Waals surface area contributed by atoms with E-state index in [-0.39, 0.29) is 18.1 Å². The van der Waals surface area contributed by atoms with Crippen LogP contribution in [0.3, 0.4) is 0 Å². The summed E-state index contributed by atoms with van der Waals surface area (Å²) in [6.45, 7) is 4.13. The van der Waals surface area contributed by atoms with E-state index in [0.29, 0.717) is 5.56 Å². The number of anilines is 2. The molecule has 126 valence electrons. The highest BCUT2D eigenvalue weighted by atomic mass is 19.1. The van der Waals surface area contributed by atoms with Gasteiger partial charge in [-0.05, 0) is 42.9 Å². The minimum Gasteiger partial charge on any atom is -0.369 e. The third kappa shape index (κ3) is 4.11. The van der Waals surface area contributed by atoms with E-state index < -0.39 is 0 Å². The van der Waals surface area contributed by atoms with Crippen LogP contribution in [0.4, 0.5) is 15.8 Å². The van der Waals surface area contributed by atoms with Crippen molar-refractivity contribution in [3.63, 3.8) is 0 Å². The molecule has 5 heteroatoms. The number of nitrogens with zero attached hydrogens (tertiary/aromatic N) is 2. The van der Waals surface area contributed by atoms with E-state index in [4.69, 9.17) is 0 Å². The number of nitrogens with one attached hydrogen (secondary N) is 1. The molecule has 1 saturated heterocycles. The molecule has 1 amide bonds. The maximum atomic E-state index is 13.6. The zero-order valence-electron chi connectivity index (χ0n) is 13.8. The number of carbonyl (C=O) groups excluding carboxylic acids is 1. The van der Waals surface area contributed by atoms with E-state index in [0.717, 1.165) is 37.6 Å². The van der Waals surface area contributed by atoms with Crippen LogP contribution in [0, 0.1) is 5.82 Å². The van der Waals surface area contributed by atoms with Crippen molar-refractivity contribution in [2.75, 3.05) is 43.4 Å². The molecule has 0 saturated carbocycles. The van der Waals surface area contributed by atoms with Gasteiger partial charge in [-0.15, -0.1) is 0 Å². The van der Waals surface area contributed by atoms with Crippen LogP contribution < -0.4 is 10.2 Å². The average molecular weight is 327 g/mol. The van der Waals surface area contributed by atoms with Gasteiger partial charge in [0.25, 0.3) is 0 Å². The molecule has 0 bridgehead atoms. The molecule has 1 fully saturated rings. The summed E-state index contributed by atoms with van der Waals surface area (Å²) in [5, 5.41) is 2.82. The van der Waals surface area contributed by atoms with Crippen molar-refractivity contribution in [1.29, 1.82) is 0 Å². The van der Waals surface area contributed by atoms with E-state index in [1.807, 2.05) is 24.3 Å². The summed E-state index contributed by atoms with van der Waals surface area (Å²) >= 11 is 0. The molecule has 0 atom stereocenters. The van der Waals surface area contributed by atoms with Gasteiger partial charge in [-0.2, -0.15) is 0 Å². The lowest BCUT2D eigenvalue weighted by molar-refractivity contribution is -0.115. The Morgan fingerprint density at radius 3 is 2.38 bits per heavy atom. The zero-order chi connectivity index (χ0) is 16.9. The maximum Gasteiger partial charge on any atom is 0.228 e. The van der Waals surface area contributed by atoms with Crippen LogP contribution >= 0.6 is 0 Å². The molecule has 0 unspecified atom stereocenters. The third-order valence-corrected chi connectivity index (χ3v) is 4.33. The van der Waals surface area contributed by atoms with Crippen molar-refractivity contribution >= 4 is 17.3 Å². The Bertz CT molecular complexity index is 694. The molecule has 4 nitrogen and oxygen atoms in total. The summed E-state index contributed by atoms with van der Waals surface area (Å²) < 4.78 is 13.6. The van der Waals surface area contributed by atoms with Crippen LogP contribution in [0.25, 0.3) is 0 Å². The Morgan fingerprint density at radius 1 is 1.04 bits per heavy atom. The predicted molar refractivity (Wildman–Crippen MR) is 94.9 cm³/mol. The highest BCUT2D eigenvalue weighted by molar-refractivity contribution is 5.92. The number of amides is 1. The first kappa shape index (κ1) is 16.5. The molecule has 1 heterocycles. The first-order chi connectivity index (χ1) is 11.6. The van der Waals surface area contributed by atoms with Gasteiger partial charge in [0.1, 0.15) is 5.82 Å². The van der Waals surface area contributed by atoms with Gasteiger partial charge >= 0.3 is 0 Å². The van der Waals surface area contributed by atoms with E-state index in [2.05, 4.69) is 22.2 Å². The molecule has 3 rings (SSSR count). The third-order valence-electron chi connectivity index (χ3n) is 4.33. The van der Waals surface area contributed by atoms with Gasteiger partial charge in [0, 0.05) is 37.6 Å². The van der Waals surface area contributed by atoms with Gasteiger partial charge in [-0.25, -0.2) is 4.39 Å². The van der Waals surface area contributed by atoms with E-state index in [1.54, 1.807) is 18.2 Å². The van der Waals surface area contributed by atoms with Gasteiger partial charge < -0.3 is 15.1 Å². The van der Waals surface area contributed by atoms with Gasteiger partial charge in [-0.3, -0.25) is 4.79 Å². The lowest BCUT2D eigenvalue weighted by atomic mass is 10.1. The molecule has 1 aliphatic heterocycles. The molecule has 24 heavy (non-hydrogen) atoms. The topological polar surface area (TPSA) is 35.6 Å². The number of rotatable bonds is 4. The highest BCUT2D eigenvalue weighted by Crippen LogP contribution is 2.19. The second-order valence-corrected chi connectivity index (χ2v) is 6.15. The Balaban J connectivity index is 1.58. The fourth-order valence-electron chi connectivity index (χ4n) is 2.84. The van der Waals surface area contributed by atoms with Gasteiger partial charge in [0.15, 0.2) is 0 Å². The van der Waals surface area contributed by atoms with E-state index in [1.165, 1.54) is 6.07 Å². The van der Waals surface area contributed by atoms with Gasteiger partial charge in [-0.1, -0.05) is 18.2 Å². The molecule has 0 radical (unpaired) electrons. The number of carbonyl (C=O) groups is 1. The van der Waals surface area contributed by atoms with Crippen LogP contribution in [0.2, 0.25) is 0 Å². The quantitative estimate of drug-likeness (QED) is 0.938. The van der Waals surface area contributed by atoms with Crippen molar-refractivity contribution in [2.24, 2.45) is 0 Å². The van der Waals surface area contributed by atoms with E-state index >= 15 is 0 Å². The lowest BCUT2D eigenvalue weighted by Crippen LogP contribution is -2.44. The minimum atomic E-state index is -0.349. The largest absolute Gasteiger partial charge is 0.369 e. The average Bonchev–Trinajstić information content (AvgIpc) is 2.58. The van der Waals surface area contributed by atoms with Crippen LogP contribution in [-0.4, -0.2) is 44.0 Å². The van der Waals surface area contributed by atoms with Crippen molar-refractivity contribution < 1.29 is 9.18 Å². The molecular weight excluding hydrogens is 305 g/mol. The predicted octanol–water partition coefficient (Wildman–Crippen LogP) is 2.76. The second-order valence-electron chi connectivity index (χ2n) is 6.15. The first-order valence-electron chi connectivity index (χ1n) is 8.18. The zero-order valence-corrected chi connectivity index (χ0v) is 13.8. The smallest absolute Gasteiger partial charge is 0.228 e. The van der Waals surface area contributed by atoms with Crippen LogP contribution in [0.1, 0.15) is 5.56 Å². The molecule has 0 aromatic heterocycles. The lowest BCUT2D eigenvalue weighted by Gasteiger charge is -2.34. The summed E-state index contributed by atoms with van der Waals surface area (Å²) in [4.78, 5) is 16.7. The Hall–Kier alpha value is -2.40. The molecule has 0 aliphatic carbocycles. The molecule has 1 N–H and O–H groups in total. The number of piperazine rings is 1. The fraction of sp³-hybridized carbons (Fsp3) is 0.316. The Morgan fingerprint density at radius 2 is 1.71 bits per heavy atom. The fourth-order valence-corrected chi connectivity index (χ4v) is 2.84. The molecular formula is C19H22FN3O. The number of likely N-dealkylation sites (N-methyl/N-ethyl adjacent to an activating group) is 1. The highest BCUT2D eigenvalue weighted by Gasteiger charge is 2.14. The molecule has 2 aromatic carbocycles. The summed E-state index contributed by atoms with van der Waals surface area (Å²) in [7, 11) is 2.13. The monoisotopic (exact) mass is 327 g/mol. The Labute approximate surface area is 141 Å². The van der Waals surface area contributed by atoms with Crippen molar-refractivity contribution in [3.8, 4) is 0 Å². The number of halogens is 1. The van der Waals surface area contributed by atoms with Crippen molar-refractivity contribution in [1.82, 2.24) is 4.90 Å². The summed E-state index contributed by atoms with van der Waals surface area (Å²) in [5.74, 6) is -0.564. The molecule has 0 spiro atoms. The number of benzene rings is 2. The van der Waals surface area contributed by atoms with Crippen molar-refractivity contribution in [3.05, 3.63) is 59.9 Å². The second kappa shape index (κ2) is 7.45. The van der Waals surface area contributed by atoms with Crippen molar-refractivity contribution in [2.45, 2.75) is 6.42 Å². The molecule has 2 aromatic rings. The van der Waals surface area contributed by atoms with Crippen LogP contribution in [-0.2, 0) is 11.2 Å². The standard InChI is InChI=1S/C19H22FN3O/c1-22-10-12-23(13-11-22)17-8-6-16(7-9-17)21-19(24)14-15-4-2-3-5-18(15)20/h2-9H,10-14H2,1H3,(H,21,24). The van der Waals surface area contributed by atoms with Gasteiger partial charge in [0.05, 0.1) is 6.42 Å². The van der Waals surface area contributed by atoms with Crippen LogP contribution in [0.15, 0.2) is 48.5 Å². The summed E-state index contributed by atoms with van der Waals surface area (Å²) in [5.41, 5.74) is 2.30. The summed E-state index contributed by atoms with van der Waals surface area (Å²) in [6, 6.07) is 14.2. The maximum absolute atomic E-state index is 13.6. The molecule has 1 aliphatic rings. The first-order valence-corrected chi connectivity index (χ1v) is 8.18. The van der Waals surface area contributed by atoms with Gasteiger partial charge in [0.2, 0.25) is 5.91 Å². The number of hydrogen-bond donors (Lipinski definition) is 1. The van der Waals surface area contributed by atoms with E-state index in [9.17, 15) is 9.18 Å². The SMILES string of the molecule is CN1CCN(c2ccc(NC(=O)Cc3ccccc3F)cc2)CC1. The summed E-state index contributed by atoms with van der Waals surface area (Å²) in [6.07, 6.45) is 0.0346. The normalized spacial score (nSPS) is 15.3. The number of hydrogen-bond acceptors (Lipinski definition) is 3.